The molecule has 9 heteroatoms. The molecular formula is C18H17Cl2N3O4. The van der Waals surface area contributed by atoms with Gasteiger partial charge in [0.2, 0.25) is 17.7 Å². The van der Waals surface area contributed by atoms with E-state index in [-0.39, 0.29) is 28.9 Å². The largest absolute Gasteiger partial charge is 0.342 e. The number of nitrogens with zero attached hydrogens (tertiary/aromatic N) is 3. The Kier molecular flexibility index (Phi) is 3.85. The minimum Gasteiger partial charge on any atom is -0.342 e. The molecule has 2 bridgehead atoms. The molecule has 142 valence electrons. The van der Waals surface area contributed by atoms with Gasteiger partial charge >= 0.3 is 0 Å². The van der Waals surface area contributed by atoms with Crippen LogP contribution < -0.4 is 0 Å². The van der Waals surface area contributed by atoms with Gasteiger partial charge in [0.05, 0.1) is 27.9 Å². The summed E-state index contributed by atoms with van der Waals surface area (Å²) in [6.45, 7) is 1.76. The smallest absolute Gasteiger partial charge is 0.255 e. The van der Waals surface area contributed by atoms with Crippen molar-refractivity contribution in [2.45, 2.75) is 18.5 Å². The van der Waals surface area contributed by atoms with Crippen molar-refractivity contribution >= 4 is 46.8 Å². The predicted molar refractivity (Wildman–Crippen MR) is 97.2 cm³/mol. The average molecular weight is 410 g/mol. The first kappa shape index (κ1) is 18.3. The highest BCUT2D eigenvalue weighted by Gasteiger charge is 2.73. The van der Waals surface area contributed by atoms with Crippen molar-refractivity contribution in [2.24, 2.45) is 11.8 Å². The average Bonchev–Trinajstić information content (AvgIpc) is 2.98. The third-order valence-electron chi connectivity index (χ3n) is 6.05. The Balaban J connectivity index is 1.85. The number of benzene rings is 1. The van der Waals surface area contributed by atoms with Crippen LogP contribution in [0.3, 0.4) is 0 Å². The molecule has 0 spiro atoms. The van der Waals surface area contributed by atoms with Crippen molar-refractivity contribution in [1.82, 2.24) is 14.7 Å². The lowest BCUT2D eigenvalue weighted by Crippen LogP contribution is -2.67. The molecule has 1 aromatic carbocycles. The molecule has 0 radical (unpaired) electrons. The molecule has 27 heavy (non-hydrogen) atoms. The third-order valence-corrected chi connectivity index (χ3v) is 6.79. The SMILES string of the molecule is CN1CC2C3C(=O)N(C)C(=O)C3[C@](C)(C1=O)N2C(=O)c1ccc(Cl)c(Cl)c1. The summed E-state index contributed by atoms with van der Waals surface area (Å²) in [5, 5.41) is 0.522. The Labute approximate surface area is 165 Å². The maximum Gasteiger partial charge on any atom is 0.255 e. The lowest BCUT2D eigenvalue weighted by molar-refractivity contribution is -0.153. The maximum atomic E-state index is 13.3. The number of fused-ring (bicyclic) bond motifs is 5. The number of carbonyl (C=O) groups excluding carboxylic acids is 4. The van der Waals surface area contributed by atoms with Gasteiger partial charge in [-0.15, -0.1) is 0 Å². The Hall–Kier alpha value is -2.12. The van der Waals surface area contributed by atoms with E-state index in [9.17, 15) is 19.2 Å². The first-order valence-corrected chi connectivity index (χ1v) is 9.22. The molecule has 0 saturated carbocycles. The van der Waals surface area contributed by atoms with Crippen molar-refractivity contribution in [3.63, 3.8) is 0 Å². The van der Waals surface area contributed by atoms with Crippen LogP contribution in [0.5, 0.6) is 0 Å². The zero-order valence-corrected chi connectivity index (χ0v) is 16.4. The summed E-state index contributed by atoms with van der Waals surface area (Å²) >= 11 is 12.0. The topological polar surface area (TPSA) is 78.0 Å². The van der Waals surface area contributed by atoms with E-state index in [1.807, 2.05) is 0 Å². The van der Waals surface area contributed by atoms with Crippen molar-refractivity contribution in [3.05, 3.63) is 33.8 Å². The lowest BCUT2D eigenvalue weighted by atomic mass is 9.81. The van der Waals surface area contributed by atoms with Crippen molar-refractivity contribution in [3.8, 4) is 0 Å². The predicted octanol–water partition coefficient (Wildman–Crippen LogP) is 1.28. The van der Waals surface area contributed by atoms with Crippen molar-refractivity contribution in [1.29, 1.82) is 0 Å². The second-order valence-corrected chi connectivity index (χ2v) is 8.26. The van der Waals surface area contributed by atoms with Gasteiger partial charge < -0.3 is 9.80 Å². The van der Waals surface area contributed by atoms with Crippen LogP contribution in [0.4, 0.5) is 0 Å². The van der Waals surface area contributed by atoms with Gasteiger partial charge in [0.25, 0.3) is 5.91 Å². The monoisotopic (exact) mass is 409 g/mol. The molecule has 3 fully saturated rings. The maximum absolute atomic E-state index is 13.3. The van der Waals surface area contributed by atoms with Crippen LogP contribution in [0.1, 0.15) is 17.3 Å². The van der Waals surface area contributed by atoms with Crippen molar-refractivity contribution < 1.29 is 19.2 Å². The van der Waals surface area contributed by atoms with E-state index in [0.29, 0.717) is 5.02 Å². The molecule has 4 amide bonds. The Morgan fingerprint density at radius 3 is 2.41 bits per heavy atom. The van der Waals surface area contributed by atoms with Crippen LogP contribution in [0.25, 0.3) is 0 Å². The Morgan fingerprint density at radius 2 is 1.78 bits per heavy atom. The summed E-state index contributed by atoms with van der Waals surface area (Å²) in [4.78, 5) is 55.8. The Morgan fingerprint density at radius 1 is 1.11 bits per heavy atom. The van der Waals surface area contributed by atoms with Crippen LogP contribution in [-0.4, -0.2) is 70.5 Å². The summed E-state index contributed by atoms with van der Waals surface area (Å²) in [5.41, 5.74) is -1.17. The van der Waals surface area contributed by atoms with E-state index in [4.69, 9.17) is 23.2 Å². The molecular weight excluding hydrogens is 393 g/mol. The molecule has 0 aliphatic carbocycles. The van der Waals surface area contributed by atoms with Gasteiger partial charge in [0, 0.05) is 26.2 Å². The second-order valence-electron chi connectivity index (χ2n) is 7.44. The number of imide groups is 1. The number of halogens is 2. The first-order chi connectivity index (χ1) is 12.6. The van der Waals surface area contributed by atoms with E-state index < -0.39 is 35.2 Å². The summed E-state index contributed by atoms with van der Waals surface area (Å²) < 4.78 is 0. The van der Waals surface area contributed by atoms with Gasteiger partial charge in [-0.1, -0.05) is 23.2 Å². The van der Waals surface area contributed by atoms with Gasteiger partial charge in [-0.2, -0.15) is 0 Å². The number of hydrogen-bond donors (Lipinski definition) is 0. The van der Waals surface area contributed by atoms with Gasteiger partial charge in [-0.05, 0) is 25.1 Å². The van der Waals surface area contributed by atoms with E-state index in [2.05, 4.69) is 0 Å². The minimum absolute atomic E-state index is 0.190. The molecule has 0 aromatic heterocycles. The molecule has 4 atom stereocenters. The van der Waals surface area contributed by atoms with Crippen LogP contribution in [0.2, 0.25) is 10.0 Å². The van der Waals surface area contributed by atoms with Crippen LogP contribution in [-0.2, 0) is 14.4 Å². The molecule has 3 aliphatic rings. The summed E-state index contributed by atoms with van der Waals surface area (Å²) in [7, 11) is 3.04. The van der Waals surface area contributed by atoms with Crippen LogP contribution in [0, 0.1) is 11.8 Å². The molecule has 3 saturated heterocycles. The number of carbonyl (C=O) groups is 4. The fourth-order valence-corrected chi connectivity index (χ4v) is 5.08. The zero-order chi connectivity index (χ0) is 19.8. The third kappa shape index (κ3) is 2.15. The Bertz CT molecular complexity index is 920. The van der Waals surface area contributed by atoms with Gasteiger partial charge in [-0.3, -0.25) is 24.1 Å². The highest BCUT2D eigenvalue weighted by atomic mass is 35.5. The molecule has 3 heterocycles. The van der Waals surface area contributed by atoms with E-state index in [0.717, 1.165) is 4.90 Å². The quantitative estimate of drug-likeness (QED) is 0.654. The van der Waals surface area contributed by atoms with E-state index in [1.165, 1.54) is 35.0 Å². The molecule has 7 nitrogen and oxygen atoms in total. The zero-order valence-electron chi connectivity index (χ0n) is 14.9. The standard InChI is InChI=1S/C18H17Cl2N3O4/c1-18-13-12(15(25)22(3)16(13)26)11(7-21(2)17(18)27)23(18)14(24)8-4-5-9(19)10(20)6-8/h4-6,11-13H,7H2,1-3H3/t11?,12?,13?,18-/m1/s1. The van der Waals surface area contributed by atoms with Gasteiger partial charge in [0.1, 0.15) is 5.54 Å². The first-order valence-electron chi connectivity index (χ1n) is 8.46. The van der Waals surface area contributed by atoms with Gasteiger partial charge in [0.15, 0.2) is 0 Å². The van der Waals surface area contributed by atoms with Crippen LogP contribution >= 0.6 is 23.2 Å². The number of hydrogen-bond acceptors (Lipinski definition) is 4. The fraction of sp³-hybridized carbons (Fsp3) is 0.444. The highest BCUT2D eigenvalue weighted by Crippen LogP contribution is 2.52. The van der Waals surface area contributed by atoms with Crippen molar-refractivity contribution in [2.75, 3.05) is 20.6 Å². The molecule has 1 aromatic rings. The fourth-order valence-electron chi connectivity index (χ4n) is 4.78. The van der Waals surface area contributed by atoms with Gasteiger partial charge in [-0.25, -0.2) is 0 Å². The summed E-state index contributed by atoms with van der Waals surface area (Å²) in [6, 6.07) is 3.88. The van der Waals surface area contributed by atoms with E-state index >= 15 is 0 Å². The lowest BCUT2D eigenvalue weighted by Gasteiger charge is -2.46. The normalized spacial score (nSPS) is 32.4. The minimum atomic E-state index is -1.43. The molecule has 3 unspecified atom stereocenters. The molecule has 4 rings (SSSR count). The number of piperazine rings is 1. The second kappa shape index (κ2) is 5.69. The number of rotatable bonds is 1. The number of likely N-dealkylation sites (tertiary alicyclic amines) is 2. The molecule has 0 N–H and O–H groups in total. The molecule has 3 aliphatic heterocycles. The van der Waals surface area contributed by atoms with E-state index in [1.54, 1.807) is 14.0 Å². The van der Waals surface area contributed by atoms with Crippen LogP contribution in [0.15, 0.2) is 18.2 Å². The summed E-state index contributed by atoms with van der Waals surface area (Å²) in [6.07, 6.45) is 0. The number of amides is 4. The highest BCUT2D eigenvalue weighted by molar-refractivity contribution is 6.42. The number of likely N-dealkylation sites (N-methyl/N-ethyl adjacent to an activating group) is 1. The summed E-state index contributed by atoms with van der Waals surface area (Å²) in [5.74, 6) is -3.19.